The summed E-state index contributed by atoms with van der Waals surface area (Å²) in [6.45, 7) is 6.56. The monoisotopic (exact) mass is 482 g/mol. The molecule has 0 radical (unpaired) electrons. The molecule has 8 heteroatoms. The van der Waals surface area contributed by atoms with Gasteiger partial charge in [-0.05, 0) is 44.5 Å². The lowest BCUT2D eigenvalue weighted by molar-refractivity contribution is -0.258. The van der Waals surface area contributed by atoms with Crippen molar-refractivity contribution in [1.29, 1.82) is 0 Å². The highest BCUT2D eigenvalue weighted by molar-refractivity contribution is 5.94. The molecular formula is C27H34N2O6. The molecule has 2 fully saturated rings. The molecule has 188 valence electrons. The summed E-state index contributed by atoms with van der Waals surface area (Å²) in [6.07, 6.45) is -0.0271. The fourth-order valence-electron chi connectivity index (χ4n) is 4.55. The number of ether oxygens (including phenoxy) is 4. The Labute approximate surface area is 206 Å². The predicted molar refractivity (Wildman–Crippen MR) is 130 cm³/mol. The summed E-state index contributed by atoms with van der Waals surface area (Å²) in [5, 5.41) is 5.92. The lowest BCUT2D eigenvalue weighted by Gasteiger charge is -2.33. The Morgan fingerprint density at radius 3 is 2.14 bits per heavy atom. The first-order valence-corrected chi connectivity index (χ1v) is 12.2. The van der Waals surface area contributed by atoms with Crippen LogP contribution >= 0.6 is 0 Å². The van der Waals surface area contributed by atoms with E-state index in [2.05, 4.69) is 17.6 Å². The molecule has 2 heterocycles. The van der Waals surface area contributed by atoms with E-state index in [-0.39, 0.29) is 24.9 Å². The number of hydrogen-bond donors (Lipinski definition) is 2. The second-order valence-electron chi connectivity index (χ2n) is 9.35. The zero-order chi connectivity index (χ0) is 24.9. The fraction of sp³-hybridized carbons (Fsp3) is 0.481. The Morgan fingerprint density at radius 2 is 1.54 bits per heavy atom. The number of fused-ring (bicyclic) bond motifs is 1. The van der Waals surface area contributed by atoms with Crippen LogP contribution in [0.25, 0.3) is 0 Å². The van der Waals surface area contributed by atoms with Crippen molar-refractivity contribution in [3.8, 4) is 0 Å². The van der Waals surface area contributed by atoms with Gasteiger partial charge in [0.2, 0.25) is 0 Å². The van der Waals surface area contributed by atoms with Crippen molar-refractivity contribution in [2.24, 2.45) is 0 Å². The van der Waals surface area contributed by atoms with Gasteiger partial charge >= 0.3 is 0 Å². The molecule has 35 heavy (non-hydrogen) atoms. The van der Waals surface area contributed by atoms with E-state index in [9.17, 15) is 9.59 Å². The molecule has 2 aromatic carbocycles. The highest BCUT2D eigenvalue weighted by Gasteiger charge is 2.66. The van der Waals surface area contributed by atoms with Gasteiger partial charge in [-0.15, -0.1) is 0 Å². The third kappa shape index (κ3) is 5.73. The molecular weight excluding hydrogens is 448 g/mol. The van der Waals surface area contributed by atoms with Gasteiger partial charge < -0.3 is 29.6 Å². The number of amides is 2. The molecule has 2 saturated heterocycles. The Morgan fingerprint density at radius 1 is 0.943 bits per heavy atom. The van der Waals surface area contributed by atoms with Gasteiger partial charge in [0.05, 0.1) is 6.54 Å². The summed E-state index contributed by atoms with van der Waals surface area (Å²) < 4.78 is 25.1. The topological polar surface area (TPSA) is 95.1 Å². The minimum Gasteiger partial charge on any atom is -0.350 e. The van der Waals surface area contributed by atoms with E-state index in [0.29, 0.717) is 17.7 Å². The Hall–Kier alpha value is -2.78. The van der Waals surface area contributed by atoms with Gasteiger partial charge in [0.15, 0.2) is 17.7 Å². The molecule has 0 bridgehead atoms. The van der Waals surface area contributed by atoms with Gasteiger partial charge in [0.1, 0.15) is 12.2 Å². The van der Waals surface area contributed by atoms with Crippen molar-refractivity contribution in [2.45, 2.75) is 63.5 Å². The minimum atomic E-state index is -1.07. The molecule has 2 amide bonds. The van der Waals surface area contributed by atoms with Crippen LogP contribution in [0.3, 0.4) is 0 Å². The number of carbonyl (C=O) groups excluding carboxylic acids is 2. The van der Waals surface area contributed by atoms with Crippen LogP contribution in [0.5, 0.6) is 0 Å². The molecule has 2 N–H and O–H groups in total. The van der Waals surface area contributed by atoms with Crippen LogP contribution in [0.4, 0.5) is 0 Å². The summed E-state index contributed by atoms with van der Waals surface area (Å²) in [5.41, 5.74) is 0.0447. The second-order valence-corrected chi connectivity index (χ2v) is 9.35. The van der Waals surface area contributed by atoms with E-state index in [4.69, 9.17) is 18.9 Å². The van der Waals surface area contributed by atoms with Crippen LogP contribution in [0.1, 0.15) is 54.3 Å². The summed E-state index contributed by atoms with van der Waals surface area (Å²) in [6, 6.07) is 18.0. The number of nitrogens with one attached hydrogen (secondary N) is 2. The van der Waals surface area contributed by atoms with Crippen LogP contribution in [0.15, 0.2) is 60.7 Å². The Bertz CT molecular complexity index is 999. The summed E-state index contributed by atoms with van der Waals surface area (Å²) >= 11 is 0. The SMILES string of the molecule is CCCCO[C@@H]1O[C@H](CNC(=O)c2ccccc2)[C@H]2OC(C)(C)O[C@@]12CNC(=O)c1ccccc1. The Balaban J connectivity index is 1.52. The van der Waals surface area contributed by atoms with E-state index in [0.717, 1.165) is 12.8 Å². The molecule has 8 nitrogen and oxygen atoms in total. The van der Waals surface area contributed by atoms with E-state index >= 15 is 0 Å². The van der Waals surface area contributed by atoms with Crippen molar-refractivity contribution in [1.82, 2.24) is 10.6 Å². The lowest BCUT2D eigenvalue weighted by Crippen LogP contribution is -2.56. The van der Waals surface area contributed by atoms with Crippen LogP contribution < -0.4 is 10.6 Å². The number of unbranched alkanes of at least 4 members (excludes halogenated alkanes) is 1. The maximum absolute atomic E-state index is 12.8. The zero-order valence-corrected chi connectivity index (χ0v) is 20.5. The summed E-state index contributed by atoms with van der Waals surface area (Å²) in [5.74, 6) is -1.34. The highest BCUT2D eigenvalue weighted by atomic mass is 16.8. The molecule has 2 aliphatic heterocycles. The van der Waals surface area contributed by atoms with Gasteiger partial charge in [-0.25, -0.2) is 0 Å². The van der Waals surface area contributed by atoms with Crippen LogP contribution in [-0.4, -0.2) is 61.4 Å². The second kappa shape index (κ2) is 10.9. The molecule has 2 aliphatic rings. The molecule has 0 aliphatic carbocycles. The third-order valence-corrected chi connectivity index (χ3v) is 6.19. The van der Waals surface area contributed by atoms with E-state index in [1.807, 2.05) is 50.2 Å². The van der Waals surface area contributed by atoms with Crippen LogP contribution in [0, 0.1) is 0 Å². The minimum absolute atomic E-state index is 0.134. The summed E-state index contributed by atoms with van der Waals surface area (Å²) in [4.78, 5) is 25.5. The van der Waals surface area contributed by atoms with Crippen LogP contribution in [0.2, 0.25) is 0 Å². The Kier molecular flexibility index (Phi) is 7.86. The van der Waals surface area contributed by atoms with E-state index < -0.39 is 29.9 Å². The van der Waals surface area contributed by atoms with Gasteiger partial charge in [-0.1, -0.05) is 49.7 Å². The average Bonchev–Trinajstić information content (AvgIpc) is 3.30. The fourth-order valence-corrected chi connectivity index (χ4v) is 4.55. The molecule has 0 aromatic heterocycles. The van der Waals surface area contributed by atoms with Crippen LogP contribution in [-0.2, 0) is 18.9 Å². The summed E-state index contributed by atoms with van der Waals surface area (Å²) in [7, 11) is 0. The molecule has 4 atom stereocenters. The molecule has 4 rings (SSSR count). The van der Waals surface area contributed by atoms with Gasteiger partial charge in [0.25, 0.3) is 11.8 Å². The lowest BCUT2D eigenvalue weighted by atomic mass is 9.94. The van der Waals surface area contributed by atoms with Crippen molar-refractivity contribution in [3.63, 3.8) is 0 Å². The van der Waals surface area contributed by atoms with Gasteiger partial charge in [-0.3, -0.25) is 9.59 Å². The maximum atomic E-state index is 12.8. The predicted octanol–water partition coefficient (Wildman–Crippen LogP) is 3.28. The molecule has 2 aromatic rings. The third-order valence-electron chi connectivity index (χ3n) is 6.19. The first-order chi connectivity index (χ1) is 16.8. The quantitative estimate of drug-likeness (QED) is 0.505. The van der Waals surface area contributed by atoms with Crippen molar-refractivity contribution < 1.29 is 28.5 Å². The number of hydrogen-bond acceptors (Lipinski definition) is 6. The standard InChI is InChI=1S/C27H34N2O6/c1-4-5-16-32-25-27(18-29-24(31)20-14-10-7-11-15-20)22(34-26(2,3)35-27)21(33-25)17-28-23(30)19-12-8-6-9-13-19/h6-15,21-22,25H,4-5,16-18H2,1-3H3,(H,28,30)(H,29,31)/t21-,22-,25-,27-/m1/s1. The van der Waals surface area contributed by atoms with E-state index in [1.165, 1.54) is 0 Å². The molecule has 0 saturated carbocycles. The first kappa shape index (κ1) is 25.3. The van der Waals surface area contributed by atoms with Gasteiger partial charge in [0, 0.05) is 24.3 Å². The molecule has 0 unspecified atom stereocenters. The average molecular weight is 483 g/mol. The van der Waals surface area contributed by atoms with Crippen molar-refractivity contribution in [2.75, 3.05) is 19.7 Å². The largest absolute Gasteiger partial charge is 0.350 e. The normalized spacial score (nSPS) is 26.8. The smallest absolute Gasteiger partial charge is 0.251 e. The van der Waals surface area contributed by atoms with Crippen molar-refractivity contribution >= 4 is 11.8 Å². The number of benzene rings is 2. The highest BCUT2D eigenvalue weighted by Crippen LogP contribution is 2.47. The van der Waals surface area contributed by atoms with Gasteiger partial charge in [-0.2, -0.15) is 0 Å². The number of carbonyl (C=O) groups is 2. The van der Waals surface area contributed by atoms with Crippen molar-refractivity contribution in [3.05, 3.63) is 71.8 Å². The maximum Gasteiger partial charge on any atom is 0.251 e. The zero-order valence-electron chi connectivity index (χ0n) is 20.5. The van der Waals surface area contributed by atoms with E-state index in [1.54, 1.807) is 24.3 Å². The number of rotatable bonds is 10. The molecule has 0 spiro atoms. The first-order valence-electron chi connectivity index (χ1n) is 12.2.